The number of hydrogen-bond acceptors (Lipinski definition) is 3. The molecule has 0 aliphatic carbocycles. The Morgan fingerprint density at radius 1 is 1.21 bits per heavy atom. The van der Waals surface area contributed by atoms with Crippen molar-refractivity contribution in [3.05, 3.63) is 60.2 Å². The highest BCUT2D eigenvalue weighted by molar-refractivity contribution is 5.99. The van der Waals surface area contributed by atoms with Gasteiger partial charge < -0.3 is 16.0 Å². The first kappa shape index (κ1) is 15.5. The summed E-state index contributed by atoms with van der Waals surface area (Å²) in [5, 5.41) is 5.01. The van der Waals surface area contributed by atoms with Gasteiger partial charge in [-0.1, -0.05) is 12.1 Å². The number of amides is 2. The number of benzene rings is 1. The maximum absolute atomic E-state index is 14.2. The maximum Gasteiger partial charge on any atom is 0.324 e. The molecular weight excluding hydrogens is 309 g/mol. The van der Waals surface area contributed by atoms with Gasteiger partial charge in [-0.3, -0.25) is 5.32 Å². The van der Waals surface area contributed by atoms with E-state index >= 15 is 0 Å². The quantitative estimate of drug-likeness (QED) is 0.590. The summed E-state index contributed by atoms with van der Waals surface area (Å²) in [6.45, 7) is 1.81. The first-order chi connectivity index (χ1) is 11.5. The fraction of sp³-hybridized carbons (Fsp3) is 0.0588. The summed E-state index contributed by atoms with van der Waals surface area (Å²) in [5.41, 5.74) is 8.39. The van der Waals surface area contributed by atoms with Crippen LogP contribution in [0.2, 0.25) is 0 Å². The van der Waals surface area contributed by atoms with Gasteiger partial charge in [0, 0.05) is 17.5 Å². The van der Waals surface area contributed by atoms with Gasteiger partial charge in [-0.15, -0.1) is 0 Å². The third-order valence-electron chi connectivity index (χ3n) is 3.42. The van der Waals surface area contributed by atoms with E-state index in [1.807, 2.05) is 13.0 Å². The Kier molecular flexibility index (Phi) is 4.15. The molecule has 5 N–H and O–H groups in total. The number of halogens is 1. The monoisotopic (exact) mass is 325 g/mol. The van der Waals surface area contributed by atoms with E-state index in [-0.39, 0.29) is 5.69 Å². The van der Waals surface area contributed by atoms with Crippen molar-refractivity contribution in [2.24, 2.45) is 0 Å². The lowest BCUT2D eigenvalue weighted by Gasteiger charge is -2.09. The standard InChI is InChI=1S/C17H16FN5O/c1-10-3-2-4-15(21-10)23-17(24)22-14-6-5-11(9-12(14)18)16-13(19)7-8-20-16/h2-9,20H,19H2,1H3,(H2,21,22,23,24). The number of pyridine rings is 1. The largest absolute Gasteiger partial charge is 0.397 e. The van der Waals surface area contributed by atoms with Gasteiger partial charge in [-0.05, 0) is 37.3 Å². The lowest BCUT2D eigenvalue weighted by molar-refractivity contribution is 0.262. The molecule has 3 aromatic rings. The number of H-pyrrole nitrogens is 1. The highest BCUT2D eigenvalue weighted by atomic mass is 19.1. The summed E-state index contributed by atoms with van der Waals surface area (Å²) < 4.78 is 14.2. The van der Waals surface area contributed by atoms with Crippen LogP contribution in [0.1, 0.15) is 5.69 Å². The molecule has 0 fully saturated rings. The Morgan fingerprint density at radius 2 is 2.04 bits per heavy atom. The van der Waals surface area contributed by atoms with Crippen LogP contribution in [-0.4, -0.2) is 16.0 Å². The van der Waals surface area contributed by atoms with Gasteiger partial charge in [0.25, 0.3) is 0 Å². The molecule has 0 saturated heterocycles. The molecule has 2 heterocycles. The van der Waals surface area contributed by atoms with Gasteiger partial charge in [-0.25, -0.2) is 14.2 Å². The molecule has 0 unspecified atom stereocenters. The van der Waals surface area contributed by atoms with Crippen molar-refractivity contribution in [1.82, 2.24) is 9.97 Å². The van der Waals surface area contributed by atoms with E-state index in [1.54, 1.807) is 30.5 Å². The number of urea groups is 1. The third kappa shape index (κ3) is 3.35. The van der Waals surface area contributed by atoms with Gasteiger partial charge >= 0.3 is 6.03 Å². The average molecular weight is 325 g/mol. The fourth-order valence-corrected chi connectivity index (χ4v) is 2.29. The van der Waals surface area contributed by atoms with Crippen molar-refractivity contribution >= 4 is 23.2 Å². The number of rotatable bonds is 3. The van der Waals surface area contributed by atoms with Gasteiger partial charge in [0.2, 0.25) is 0 Å². The van der Waals surface area contributed by atoms with Crippen LogP contribution < -0.4 is 16.4 Å². The van der Waals surface area contributed by atoms with Crippen LogP contribution in [0.15, 0.2) is 48.7 Å². The second-order valence-corrected chi connectivity index (χ2v) is 5.25. The van der Waals surface area contributed by atoms with E-state index < -0.39 is 11.8 Å². The molecule has 0 aliphatic rings. The first-order valence-electron chi connectivity index (χ1n) is 7.27. The molecule has 3 rings (SSSR count). The molecule has 122 valence electrons. The Morgan fingerprint density at radius 3 is 2.71 bits per heavy atom. The van der Waals surface area contributed by atoms with E-state index in [9.17, 15) is 9.18 Å². The SMILES string of the molecule is Cc1cccc(NC(=O)Nc2ccc(-c3[nH]ccc3N)cc2F)n1. The summed E-state index contributed by atoms with van der Waals surface area (Å²) in [7, 11) is 0. The number of hydrogen-bond donors (Lipinski definition) is 4. The minimum absolute atomic E-state index is 0.0639. The number of nitrogens with zero attached hydrogens (tertiary/aromatic N) is 1. The number of aromatic nitrogens is 2. The molecule has 0 atom stereocenters. The van der Waals surface area contributed by atoms with E-state index in [4.69, 9.17) is 5.73 Å². The van der Waals surface area contributed by atoms with E-state index in [1.165, 1.54) is 12.1 Å². The van der Waals surface area contributed by atoms with Crippen molar-refractivity contribution in [2.75, 3.05) is 16.4 Å². The lowest BCUT2D eigenvalue weighted by Crippen LogP contribution is -2.20. The maximum atomic E-state index is 14.2. The second kappa shape index (κ2) is 6.41. The highest BCUT2D eigenvalue weighted by Gasteiger charge is 2.11. The van der Waals surface area contributed by atoms with Crippen molar-refractivity contribution in [2.45, 2.75) is 6.92 Å². The molecule has 2 amide bonds. The summed E-state index contributed by atoms with van der Waals surface area (Å²) in [4.78, 5) is 19.1. The van der Waals surface area contributed by atoms with Crippen LogP contribution in [0.5, 0.6) is 0 Å². The Hall–Kier alpha value is -3.35. The summed E-state index contributed by atoms with van der Waals surface area (Å²) in [6, 6.07) is 10.8. The van der Waals surface area contributed by atoms with Crippen LogP contribution in [0.4, 0.5) is 26.4 Å². The number of nitrogens with one attached hydrogen (secondary N) is 3. The Labute approximate surface area is 137 Å². The van der Waals surface area contributed by atoms with Crippen molar-refractivity contribution in [3.63, 3.8) is 0 Å². The number of carbonyl (C=O) groups excluding carboxylic acids is 1. The minimum Gasteiger partial charge on any atom is -0.397 e. The van der Waals surface area contributed by atoms with Crippen molar-refractivity contribution in [1.29, 1.82) is 0 Å². The summed E-state index contributed by atoms with van der Waals surface area (Å²) >= 11 is 0. The van der Waals surface area contributed by atoms with Gasteiger partial charge in [0.1, 0.15) is 11.6 Å². The average Bonchev–Trinajstić information content (AvgIpc) is 2.95. The third-order valence-corrected chi connectivity index (χ3v) is 3.42. The van der Waals surface area contributed by atoms with Gasteiger partial charge in [0.05, 0.1) is 17.1 Å². The molecule has 0 spiro atoms. The van der Waals surface area contributed by atoms with Crippen LogP contribution in [0.3, 0.4) is 0 Å². The Bertz CT molecular complexity index is 890. The molecule has 0 saturated carbocycles. The molecule has 6 nitrogen and oxygen atoms in total. The first-order valence-corrected chi connectivity index (χ1v) is 7.27. The van der Waals surface area contributed by atoms with Gasteiger partial charge in [0.15, 0.2) is 0 Å². The van der Waals surface area contributed by atoms with E-state index in [0.29, 0.717) is 22.8 Å². The molecule has 0 bridgehead atoms. The minimum atomic E-state index is -0.570. The summed E-state index contributed by atoms with van der Waals surface area (Å²) in [5.74, 6) is -0.169. The molecule has 0 aliphatic heterocycles. The predicted molar refractivity (Wildman–Crippen MR) is 92.2 cm³/mol. The fourth-order valence-electron chi connectivity index (χ4n) is 2.29. The lowest BCUT2D eigenvalue weighted by atomic mass is 10.1. The molecule has 2 aromatic heterocycles. The molecule has 24 heavy (non-hydrogen) atoms. The highest BCUT2D eigenvalue weighted by Crippen LogP contribution is 2.27. The second-order valence-electron chi connectivity index (χ2n) is 5.25. The molecular formula is C17H16FN5O. The topological polar surface area (TPSA) is 95.8 Å². The zero-order valence-electron chi connectivity index (χ0n) is 12.9. The smallest absolute Gasteiger partial charge is 0.324 e. The zero-order valence-corrected chi connectivity index (χ0v) is 12.9. The number of carbonyl (C=O) groups is 1. The number of aryl methyl sites for hydroxylation is 1. The number of nitrogen functional groups attached to an aromatic ring is 1. The summed E-state index contributed by atoms with van der Waals surface area (Å²) in [6.07, 6.45) is 1.68. The van der Waals surface area contributed by atoms with Crippen LogP contribution in [0.25, 0.3) is 11.3 Å². The predicted octanol–water partition coefficient (Wildman–Crippen LogP) is 3.75. The van der Waals surface area contributed by atoms with Crippen molar-refractivity contribution < 1.29 is 9.18 Å². The van der Waals surface area contributed by atoms with Crippen molar-refractivity contribution in [3.8, 4) is 11.3 Å². The zero-order chi connectivity index (χ0) is 17.1. The van der Waals surface area contributed by atoms with Gasteiger partial charge in [-0.2, -0.15) is 0 Å². The number of nitrogens with two attached hydrogens (primary N) is 1. The number of aromatic amines is 1. The Balaban J connectivity index is 1.73. The van der Waals surface area contributed by atoms with Crippen LogP contribution in [-0.2, 0) is 0 Å². The number of anilines is 3. The molecule has 1 aromatic carbocycles. The van der Waals surface area contributed by atoms with E-state index in [2.05, 4.69) is 20.6 Å². The molecule has 0 radical (unpaired) electrons. The van der Waals surface area contributed by atoms with Crippen LogP contribution in [0, 0.1) is 12.7 Å². The van der Waals surface area contributed by atoms with Crippen LogP contribution >= 0.6 is 0 Å². The molecule has 7 heteroatoms. The normalized spacial score (nSPS) is 10.4. The van der Waals surface area contributed by atoms with E-state index in [0.717, 1.165) is 5.69 Å².